The number of hydrogen-bond acceptors (Lipinski definition) is 1. The predicted octanol–water partition coefficient (Wildman–Crippen LogP) is 2.60. The van der Waals surface area contributed by atoms with E-state index in [1.807, 2.05) is 29.2 Å². The van der Waals surface area contributed by atoms with E-state index in [0.29, 0.717) is 5.91 Å². The highest BCUT2D eigenvalue weighted by Crippen LogP contribution is 2.50. The average molecular weight is 236 g/mol. The molecule has 1 amide bonds. The van der Waals surface area contributed by atoms with E-state index in [1.54, 1.807) is 0 Å². The summed E-state index contributed by atoms with van der Waals surface area (Å²) in [5.41, 5.74) is 0.930. The number of rotatable bonds is 2. The zero-order valence-electron chi connectivity index (χ0n) is 9.08. The van der Waals surface area contributed by atoms with Crippen LogP contribution in [-0.2, 0) is 10.2 Å². The second-order valence-corrected chi connectivity index (χ2v) is 5.17. The van der Waals surface area contributed by atoms with Gasteiger partial charge >= 0.3 is 0 Å². The third-order valence-corrected chi connectivity index (χ3v) is 3.95. The van der Waals surface area contributed by atoms with Gasteiger partial charge in [0.15, 0.2) is 0 Å². The Morgan fingerprint density at radius 1 is 1.19 bits per heavy atom. The van der Waals surface area contributed by atoms with Crippen molar-refractivity contribution in [1.82, 2.24) is 4.90 Å². The molecule has 0 unspecified atom stereocenters. The molecule has 1 heterocycles. The maximum atomic E-state index is 12.3. The Bertz CT molecular complexity index is 418. The van der Waals surface area contributed by atoms with Crippen LogP contribution in [0.5, 0.6) is 0 Å². The van der Waals surface area contributed by atoms with Crippen molar-refractivity contribution in [2.75, 3.05) is 13.1 Å². The zero-order valence-corrected chi connectivity index (χ0v) is 9.83. The van der Waals surface area contributed by atoms with Gasteiger partial charge in [0.2, 0.25) is 5.91 Å². The van der Waals surface area contributed by atoms with E-state index in [9.17, 15) is 4.79 Å². The van der Waals surface area contributed by atoms with Crippen molar-refractivity contribution in [3.05, 3.63) is 34.9 Å². The van der Waals surface area contributed by atoms with Gasteiger partial charge in [0, 0.05) is 18.1 Å². The number of carbonyl (C=O) groups excluding carboxylic acids is 1. The maximum Gasteiger partial charge on any atom is 0.233 e. The van der Waals surface area contributed by atoms with Gasteiger partial charge in [0.05, 0.1) is 5.41 Å². The Morgan fingerprint density at radius 3 is 2.25 bits per heavy atom. The van der Waals surface area contributed by atoms with Crippen LogP contribution in [0.1, 0.15) is 24.8 Å². The van der Waals surface area contributed by atoms with Crippen LogP contribution >= 0.6 is 11.6 Å². The molecular weight excluding hydrogens is 222 g/mol. The molecule has 0 N–H and O–H groups in total. The van der Waals surface area contributed by atoms with E-state index in [1.165, 1.54) is 0 Å². The Labute approximate surface area is 100 Å². The van der Waals surface area contributed by atoms with Crippen LogP contribution in [-0.4, -0.2) is 23.9 Å². The zero-order chi connectivity index (χ0) is 11.2. The SMILES string of the molecule is O=C(N1CCC1)C1(c2ccc(Cl)cc2)CC1. The molecule has 0 radical (unpaired) electrons. The number of hydrogen-bond donors (Lipinski definition) is 0. The molecule has 2 nitrogen and oxygen atoms in total. The van der Waals surface area contributed by atoms with E-state index in [-0.39, 0.29) is 5.41 Å². The first-order valence-corrected chi connectivity index (χ1v) is 6.16. The molecular formula is C13H14ClNO. The highest BCUT2D eigenvalue weighted by atomic mass is 35.5. The Balaban J connectivity index is 1.87. The molecule has 0 atom stereocenters. The fourth-order valence-electron chi connectivity index (χ4n) is 2.34. The van der Waals surface area contributed by atoms with Gasteiger partial charge in [-0.15, -0.1) is 0 Å². The van der Waals surface area contributed by atoms with Crippen LogP contribution < -0.4 is 0 Å². The highest BCUT2D eigenvalue weighted by Gasteiger charge is 2.53. The smallest absolute Gasteiger partial charge is 0.233 e. The molecule has 1 aliphatic carbocycles. The summed E-state index contributed by atoms with van der Waals surface area (Å²) in [6, 6.07) is 7.74. The van der Waals surface area contributed by atoms with Crippen molar-refractivity contribution in [2.24, 2.45) is 0 Å². The molecule has 1 aromatic rings. The topological polar surface area (TPSA) is 20.3 Å². The van der Waals surface area contributed by atoms with Gasteiger partial charge in [-0.25, -0.2) is 0 Å². The van der Waals surface area contributed by atoms with Crippen molar-refractivity contribution >= 4 is 17.5 Å². The number of halogens is 1. The summed E-state index contributed by atoms with van der Waals surface area (Å²) in [5, 5.41) is 0.732. The number of benzene rings is 1. The van der Waals surface area contributed by atoms with Gasteiger partial charge in [-0.1, -0.05) is 23.7 Å². The molecule has 0 spiro atoms. The Hall–Kier alpha value is -1.02. The standard InChI is InChI=1S/C13H14ClNO/c14-11-4-2-10(3-5-11)13(6-7-13)12(16)15-8-1-9-15/h2-5H,1,6-9H2. The summed E-state index contributed by atoms with van der Waals surface area (Å²) in [6.45, 7) is 1.88. The summed E-state index contributed by atoms with van der Waals surface area (Å²) >= 11 is 5.87. The van der Waals surface area contributed by atoms with Crippen LogP contribution in [0, 0.1) is 0 Å². The van der Waals surface area contributed by atoms with Gasteiger partial charge in [0.1, 0.15) is 0 Å². The van der Waals surface area contributed by atoms with E-state index >= 15 is 0 Å². The number of amides is 1. The van der Waals surface area contributed by atoms with Gasteiger partial charge in [-0.2, -0.15) is 0 Å². The third kappa shape index (κ3) is 1.44. The minimum absolute atomic E-state index is 0.203. The minimum atomic E-state index is -0.203. The monoisotopic (exact) mass is 235 g/mol. The van der Waals surface area contributed by atoms with E-state index in [4.69, 9.17) is 11.6 Å². The van der Waals surface area contributed by atoms with Crippen LogP contribution in [0.2, 0.25) is 5.02 Å². The summed E-state index contributed by atoms with van der Waals surface area (Å²) in [7, 11) is 0. The minimum Gasteiger partial charge on any atom is -0.342 e. The van der Waals surface area contributed by atoms with Crippen molar-refractivity contribution < 1.29 is 4.79 Å². The molecule has 2 fully saturated rings. The molecule has 1 aromatic carbocycles. The second kappa shape index (κ2) is 3.49. The molecule has 16 heavy (non-hydrogen) atoms. The second-order valence-electron chi connectivity index (χ2n) is 4.73. The van der Waals surface area contributed by atoms with Gasteiger partial charge in [0.25, 0.3) is 0 Å². The van der Waals surface area contributed by atoms with E-state index in [0.717, 1.165) is 42.9 Å². The van der Waals surface area contributed by atoms with Crippen molar-refractivity contribution in [1.29, 1.82) is 0 Å². The van der Waals surface area contributed by atoms with Crippen molar-refractivity contribution in [3.63, 3.8) is 0 Å². The number of likely N-dealkylation sites (tertiary alicyclic amines) is 1. The van der Waals surface area contributed by atoms with Crippen LogP contribution in [0.25, 0.3) is 0 Å². The van der Waals surface area contributed by atoms with Crippen molar-refractivity contribution in [2.45, 2.75) is 24.7 Å². The van der Waals surface area contributed by atoms with Crippen molar-refractivity contribution in [3.8, 4) is 0 Å². The van der Waals surface area contributed by atoms with E-state index in [2.05, 4.69) is 0 Å². The molecule has 3 heteroatoms. The molecule has 3 rings (SSSR count). The normalized spacial score (nSPS) is 21.4. The van der Waals surface area contributed by atoms with Crippen LogP contribution in [0.15, 0.2) is 24.3 Å². The summed E-state index contributed by atoms with van der Waals surface area (Å²) in [5.74, 6) is 0.320. The summed E-state index contributed by atoms with van der Waals surface area (Å²) < 4.78 is 0. The molecule has 1 aliphatic heterocycles. The fourth-order valence-corrected chi connectivity index (χ4v) is 2.47. The lowest BCUT2D eigenvalue weighted by Gasteiger charge is -2.34. The van der Waals surface area contributed by atoms with Gasteiger partial charge in [-0.3, -0.25) is 4.79 Å². The fraction of sp³-hybridized carbons (Fsp3) is 0.462. The first-order chi connectivity index (χ1) is 7.72. The first kappa shape index (κ1) is 10.2. The largest absolute Gasteiger partial charge is 0.342 e. The summed E-state index contributed by atoms with van der Waals surface area (Å²) in [6.07, 6.45) is 3.14. The van der Waals surface area contributed by atoms with Crippen LogP contribution in [0.4, 0.5) is 0 Å². The van der Waals surface area contributed by atoms with Gasteiger partial charge in [-0.05, 0) is 37.0 Å². The first-order valence-electron chi connectivity index (χ1n) is 5.78. The number of nitrogens with zero attached hydrogens (tertiary/aromatic N) is 1. The quantitative estimate of drug-likeness (QED) is 0.772. The molecule has 0 aromatic heterocycles. The molecule has 1 saturated heterocycles. The van der Waals surface area contributed by atoms with E-state index < -0.39 is 0 Å². The third-order valence-electron chi connectivity index (χ3n) is 3.70. The predicted molar refractivity (Wildman–Crippen MR) is 63.6 cm³/mol. The summed E-state index contributed by atoms with van der Waals surface area (Å²) in [4.78, 5) is 14.3. The molecule has 84 valence electrons. The number of carbonyl (C=O) groups is 1. The lowest BCUT2D eigenvalue weighted by Crippen LogP contribution is -2.47. The van der Waals surface area contributed by atoms with Crippen LogP contribution in [0.3, 0.4) is 0 Å². The average Bonchev–Trinajstić information content (AvgIpc) is 2.97. The lowest BCUT2D eigenvalue weighted by molar-refractivity contribution is -0.137. The molecule has 1 saturated carbocycles. The molecule has 2 aliphatic rings. The molecule has 0 bridgehead atoms. The Morgan fingerprint density at radius 2 is 1.81 bits per heavy atom. The van der Waals surface area contributed by atoms with Gasteiger partial charge < -0.3 is 4.90 Å². The lowest BCUT2D eigenvalue weighted by atomic mass is 9.93. The Kier molecular flexibility index (Phi) is 2.21. The highest BCUT2D eigenvalue weighted by molar-refractivity contribution is 6.30. The maximum absolute atomic E-state index is 12.3.